The molecule has 0 heterocycles. The third kappa shape index (κ3) is 3.32. The van der Waals surface area contributed by atoms with Gasteiger partial charge in [-0.05, 0) is 38.8 Å². The first-order chi connectivity index (χ1) is 7.87. The Morgan fingerprint density at radius 1 is 1.35 bits per heavy atom. The summed E-state index contributed by atoms with van der Waals surface area (Å²) in [4.78, 5) is 12.0. The van der Waals surface area contributed by atoms with E-state index in [1.54, 1.807) is 13.8 Å². The van der Waals surface area contributed by atoms with Gasteiger partial charge in [-0.25, -0.2) is 0 Å². The monoisotopic (exact) mass is 230 g/mol. The van der Waals surface area contributed by atoms with Crippen molar-refractivity contribution in [2.45, 2.75) is 27.7 Å². The van der Waals surface area contributed by atoms with E-state index in [1.165, 1.54) is 0 Å². The normalized spacial score (nSPS) is 10.8. The average Bonchev–Trinajstić information content (AvgIpc) is 2.26. The average molecular weight is 230 g/mol. The van der Waals surface area contributed by atoms with Gasteiger partial charge < -0.3 is 5.32 Å². The third-order valence-corrected chi connectivity index (χ3v) is 2.70. The molecule has 3 heteroatoms. The number of benzene rings is 1. The highest BCUT2D eigenvalue weighted by Gasteiger charge is 2.19. The minimum Gasteiger partial charge on any atom is -0.350 e. The smallest absolute Gasteiger partial charge is 0.251 e. The maximum absolute atomic E-state index is 12.0. The summed E-state index contributed by atoms with van der Waals surface area (Å²) in [5.74, 6) is -0.107. The van der Waals surface area contributed by atoms with E-state index in [2.05, 4.69) is 11.4 Å². The van der Waals surface area contributed by atoms with Gasteiger partial charge in [-0.15, -0.1) is 0 Å². The second kappa shape index (κ2) is 5.01. The highest BCUT2D eigenvalue weighted by atomic mass is 16.1. The number of carbonyl (C=O) groups excluding carboxylic acids is 1. The molecule has 0 aliphatic heterocycles. The van der Waals surface area contributed by atoms with Gasteiger partial charge in [-0.3, -0.25) is 4.79 Å². The van der Waals surface area contributed by atoms with Crippen molar-refractivity contribution in [1.82, 2.24) is 5.32 Å². The predicted molar refractivity (Wildman–Crippen MR) is 67.6 cm³/mol. The first-order valence-corrected chi connectivity index (χ1v) is 5.63. The maximum Gasteiger partial charge on any atom is 0.251 e. The lowest BCUT2D eigenvalue weighted by molar-refractivity contribution is 0.0942. The zero-order valence-corrected chi connectivity index (χ0v) is 10.8. The van der Waals surface area contributed by atoms with Crippen LogP contribution >= 0.6 is 0 Å². The number of carbonyl (C=O) groups is 1. The summed E-state index contributed by atoms with van der Waals surface area (Å²) < 4.78 is 0. The Bertz CT molecular complexity index is 449. The molecule has 1 aromatic carbocycles. The zero-order chi connectivity index (χ0) is 13.1. The Morgan fingerprint density at radius 3 is 2.35 bits per heavy atom. The minimum atomic E-state index is -0.535. The van der Waals surface area contributed by atoms with Crippen LogP contribution in [0.1, 0.15) is 35.3 Å². The number of amides is 1. The van der Waals surface area contributed by atoms with E-state index in [0.717, 1.165) is 11.1 Å². The van der Waals surface area contributed by atoms with Crippen molar-refractivity contribution in [3.63, 3.8) is 0 Å². The number of rotatable bonds is 3. The number of nitriles is 1. The summed E-state index contributed by atoms with van der Waals surface area (Å²) in [7, 11) is 0. The predicted octanol–water partition coefficient (Wildman–Crippen LogP) is 2.58. The molecule has 1 rings (SSSR count). The lowest BCUT2D eigenvalue weighted by Gasteiger charge is -2.17. The van der Waals surface area contributed by atoms with Gasteiger partial charge in [0.05, 0.1) is 11.5 Å². The first-order valence-electron chi connectivity index (χ1n) is 5.63. The molecule has 90 valence electrons. The van der Waals surface area contributed by atoms with Crippen LogP contribution in [-0.4, -0.2) is 12.5 Å². The van der Waals surface area contributed by atoms with Crippen LogP contribution in [0, 0.1) is 30.6 Å². The van der Waals surface area contributed by atoms with Crippen molar-refractivity contribution in [3.8, 4) is 6.07 Å². The molecule has 0 spiro atoms. The summed E-state index contributed by atoms with van der Waals surface area (Å²) in [6.07, 6.45) is 0. The molecule has 0 atom stereocenters. The first kappa shape index (κ1) is 13.2. The van der Waals surface area contributed by atoms with Gasteiger partial charge in [0.25, 0.3) is 5.91 Å². The van der Waals surface area contributed by atoms with E-state index in [9.17, 15) is 4.79 Å². The number of hydrogen-bond acceptors (Lipinski definition) is 2. The molecule has 0 unspecified atom stereocenters. The fraction of sp³-hybridized carbons (Fsp3) is 0.429. The summed E-state index contributed by atoms with van der Waals surface area (Å²) in [5, 5.41) is 11.7. The zero-order valence-electron chi connectivity index (χ0n) is 10.8. The molecule has 0 aliphatic rings. The van der Waals surface area contributed by atoms with E-state index in [4.69, 9.17) is 5.26 Å². The molecule has 0 radical (unpaired) electrons. The Balaban J connectivity index is 2.82. The number of nitrogens with zero attached hydrogens (tertiary/aromatic N) is 1. The van der Waals surface area contributed by atoms with E-state index in [1.807, 2.05) is 32.0 Å². The summed E-state index contributed by atoms with van der Waals surface area (Å²) >= 11 is 0. The Kier molecular flexibility index (Phi) is 3.90. The van der Waals surface area contributed by atoms with Crippen molar-refractivity contribution < 1.29 is 4.79 Å². The van der Waals surface area contributed by atoms with Crippen LogP contribution < -0.4 is 5.32 Å². The van der Waals surface area contributed by atoms with Crippen molar-refractivity contribution in [1.29, 1.82) is 5.26 Å². The van der Waals surface area contributed by atoms with Crippen molar-refractivity contribution >= 4 is 5.91 Å². The summed E-state index contributed by atoms with van der Waals surface area (Å²) in [6, 6.07) is 7.92. The lowest BCUT2D eigenvalue weighted by atomic mass is 9.95. The van der Waals surface area contributed by atoms with Crippen LogP contribution in [0.25, 0.3) is 0 Å². The molecule has 3 nitrogen and oxygen atoms in total. The fourth-order valence-electron chi connectivity index (χ4n) is 1.60. The number of hydrogen-bond donors (Lipinski definition) is 1. The molecule has 0 aliphatic carbocycles. The minimum absolute atomic E-state index is 0.107. The van der Waals surface area contributed by atoms with Crippen LogP contribution in [0.15, 0.2) is 18.2 Å². The van der Waals surface area contributed by atoms with Crippen LogP contribution in [0.2, 0.25) is 0 Å². The molecule has 0 aromatic heterocycles. The van der Waals surface area contributed by atoms with Gasteiger partial charge in [-0.1, -0.05) is 18.2 Å². The molecule has 1 aromatic rings. The Morgan fingerprint density at radius 2 is 1.88 bits per heavy atom. The molecule has 17 heavy (non-hydrogen) atoms. The molecular weight excluding hydrogens is 212 g/mol. The number of nitrogens with one attached hydrogen (secondary N) is 1. The lowest BCUT2D eigenvalue weighted by Crippen LogP contribution is -2.33. The molecule has 0 saturated carbocycles. The van der Waals surface area contributed by atoms with Gasteiger partial charge >= 0.3 is 0 Å². The molecule has 1 amide bonds. The molecular formula is C14H18N2O. The van der Waals surface area contributed by atoms with E-state index < -0.39 is 5.41 Å². The van der Waals surface area contributed by atoms with Crippen LogP contribution in [0.4, 0.5) is 0 Å². The Hall–Kier alpha value is -1.82. The summed E-state index contributed by atoms with van der Waals surface area (Å²) in [5.41, 5.74) is 2.09. The fourth-order valence-corrected chi connectivity index (χ4v) is 1.60. The second-order valence-corrected chi connectivity index (χ2v) is 4.95. The molecule has 0 fully saturated rings. The molecule has 0 saturated heterocycles. The highest BCUT2D eigenvalue weighted by molar-refractivity contribution is 5.97. The third-order valence-electron chi connectivity index (χ3n) is 2.70. The van der Waals surface area contributed by atoms with Crippen LogP contribution in [0.3, 0.4) is 0 Å². The molecule has 1 N–H and O–H groups in total. The van der Waals surface area contributed by atoms with E-state index >= 15 is 0 Å². The van der Waals surface area contributed by atoms with E-state index in [0.29, 0.717) is 12.1 Å². The number of aryl methyl sites for hydroxylation is 2. The standard InChI is InChI=1S/C14H18N2O/c1-10-6-5-7-11(2)12(10)13(17)16-9-14(3,4)8-15/h5-7H,9H2,1-4H3,(H,16,17). The summed E-state index contributed by atoms with van der Waals surface area (Å²) in [6.45, 7) is 7.79. The van der Waals surface area contributed by atoms with Gasteiger partial charge in [0.15, 0.2) is 0 Å². The van der Waals surface area contributed by atoms with Gasteiger partial charge in [0.2, 0.25) is 0 Å². The van der Waals surface area contributed by atoms with Crippen LogP contribution in [-0.2, 0) is 0 Å². The Labute approximate surface area is 102 Å². The van der Waals surface area contributed by atoms with Crippen LogP contribution in [0.5, 0.6) is 0 Å². The topological polar surface area (TPSA) is 52.9 Å². The van der Waals surface area contributed by atoms with Crippen molar-refractivity contribution in [2.75, 3.05) is 6.54 Å². The highest BCUT2D eigenvalue weighted by Crippen LogP contribution is 2.15. The largest absolute Gasteiger partial charge is 0.350 e. The van der Waals surface area contributed by atoms with Gasteiger partial charge in [-0.2, -0.15) is 5.26 Å². The second-order valence-electron chi connectivity index (χ2n) is 4.95. The van der Waals surface area contributed by atoms with Gasteiger partial charge in [0.1, 0.15) is 0 Å². The van der Waals surface area contributed by atoms with Crippen molar-refractivity contribution in [3.05, 3.63) is 34.9 Å². The van der Waals surface area contributed by atoms with Crippen molar-refractivity contribution in [2.24, 2.45) is 5.41 Å². The van der Waals surface area contributed by atoms with Gasteiger partial charge in [0, 0.05) is 12.1 Å². The SMILES string of the molecule is Cc1cccc(C)c1C(=O)NCC(C)(C)C#N. The maximum atomic E-state index is 12.0. The van der Waals surface area contributed by atoms with E-state index in [-0.39, 0.29) is 5.91 Å². The molecule has 0 bridgehead atoms. The quantitative estimate of drug-likeness (QED) is 0.867.